The zero-order chi connectivity index (χ0) is 18.6. The monoisotopic (exact) mass is 364 g/mol. The summed E-state index contributed by atoms with van der Waals surface area (Å²) in [6.45, 7) is 2.27. The Labute approximate surface area is 153 Å². The molecule has 2 saturated carbocycles. The number of halogens is 2. The maximum absolute atomic E-state index is 12.8. The second-order valence-electron chi connectivity index (χ2n) is 7.37. The Morgan fingerprint density at radius 3 is 2.38 bits per heavy atom. The molecule has 5 nitrogen and oxygen atoms in total. The number of likely N-dealkylation sites (tertiary alicyclic amines) is 1. The van der Waals surface area contributed by atoms with Gasteiger partial charge in [0.2, 0.25) is 11.8 Å². The lowest BCUT2D eigenvalue weighted by Gasteiger charge is -2.34. The van der Waals surface area contributed by atoms with Gasteiger partial charge in [0, 0.05) is 24.8 Å². The molecule has 0 bridgehead atoms. The Kier molecular flexibility index (Phi) is 6.02. The summed E-state index contributed by atoms with van der Waals surface area (Å²) in [4.78, 5) is 10.7. The fourth-order valence-corrected chi connectivity index (χ4v) is 3.65. The molecule has 2 aliphatic carbocycles. The van der Waals surface area contributed by atoms with Crippen LogP contribution >= 0.6 is 0 Å². The largest absolute Gasteiger partial charge is 0.480 e. The lowest BCUT2D eigenvalue weighted by Crippen LogP contribution is -2.38. The number of aromatic nitrogens is 2. The SMILES string of the molecule is COc1nc(C2CC2)ncc1C#N.FC1(F)CCC(N2CCCC2)CC1. The molecule has 1 aromatic heterocycles. The van der Waals surface area contributed by atoms with Crippen molar-refractivity contribution in [2.75, 3.05) is 20.2 Å². The highest BCUT2D eigenvalue weighted by Gasteiger charge is 2.37. The molecule has 2 heterocycles. The van der Waals surface area contributed by atoms with Gasteiger partial charge in [0.1, 0.15) is 17.5 Å². The normalized spacial score (nSPS) is 23.0. The van der Waals surface area contributed by atoms with Crippen LogP contribution in [0.1, 0.15) is 68.7 Å². The molecule has 0 spiro atoms. The number of rotatable bonds is 3. The van der Waals surface area contributed by atoms with Crippen molar-refractivity contribution in [2.24, 2.45) is 0 Å². The van der Waals surface area contributed by atoms with Crippen LogP contribution in [0.3, 0.4) is 0 Å². The van der Waals surface area contributed by atoms with Crippen LogP contribution in [0.2, 0.25) is 0 Å². The minimum absolute atomic E-state index is 0.105. The molecule has 0 unspecified atom stereocenters. The number of nitrogens with zero attached hydrogens (tertiary/aromatic N) is 4. The second-order valence-corrected chi connectivity index (χ2v) is 7.37. The molecule has 26 heavy (non-hydrogen) atoms. The highest BCUT2D eigenvalue weighted by molar-refractivity contribution is 5.36. The summed E-state index contributed by atoms with van der Waals surface area (Å²) in [5.41, 5.74) is 0.395. The average Bonchev–Trinajstić information content (AvgIpc) is 3.36. The fraction of sp³-hybridized carbons (Fsp3) is 0.737. The van der Waals surface area contributed by atoms with Crippen LogP contribution in [0.5, 0.6) is 5.88 Å². The standard InChI is InChI=1S/C10H17F2N.C9H9N3O/c11-10(12)5-3-9(4-6-10)13-7-1-2-8-13;1-13-9-7(4-10)5-11-8(12-9)6-2-3-6/h9H,1-8H2;5-6H,2-3H2,1H3. The molecule has 0 amide bonds. The van der Waals surface area contributed by atoms with Crippen LogP contribution in [-0.2, 0) is 0 Å². The molecule has 7 heteroatoms. The highest BCUT2D eigenvalue weighted by atomic mass is 19.3. The fourth-order valence-electron chi connectivity index (χ4n) is 3.65. The third kappa shape index (κ3) is 4.88. The first-order valence-corrected chi connectivity index (χ1v) is 9.45. The molecular formula is C19H26F2N4O. The zero-order valence-electron chi connectivity index (χ0n) is 15.3. The zero-order valence-corrected chi connectivity index (χ0v) is 15.3. The number of hydrogen-bond acceptors (Lipinski definition) is 5. The number of methoxy groups -OCH3 is 1. The Morgan fingerprint density at radius 1 is 1.19 bits per heavy atom. The third-order valence-electron chi connectivity index (χ3n) is 5.37. The van der Waals surface area contributed by atoms with Crippen molar-refractivity contribution in [1.29, 1.82) is 5.26 Å². The average molecular weight is 364 g/mol. The van der Waals surface area contributed by atoms with Gasteiger partial charge in [-0.3, -0.25) is 0 Å². The summed E-state index contributed by atoms with van der Waals surface area (Å²) in [6, 6.07) is 2.44. The van der Waals surface area contributed by atoms with Gasteiger partial charge in [-0.05, 0) is 51.6 Å². The van der Waals surface area contributed by atoms with Crippen LogP contribution in [-0.4, -0.2) is 47.0 Å². The van der Waals surface area contributed by atoms with Crippen LogP contribution in [0.4, 0.5) is 8.78 Å². The Hall–Kier alpha value is -1.81. The molecule has 4 rings (SSSR count). The number of nitriles is 1. The van der Waals surface area contributed by atoms with Gasteiger partial charge in [0.15, 0.2) is 0 Å². The van der Waals surface area contributed by atoms with Crippen molar-refractivity contribution < 1.29 is 13.5 Å². The van der Waals surface area contributed by atoms with E-state index >= 15 is 0 Å². The lowest BCUT2D eigenvalue weighted by atomic mass is 9.91. The van der Waals surface area contributed by atoms with Gasteiger partial charge in [-0.15, -0.1) is 0 Å². The van der Waals surface area contributed by atoms with E-state index in [1.165, 1.54) is 26.1 Å². The molecule has 1 aliphatic heterocycles. The number of ether oxygens (including phenoxy) is 1. The van der Waals surface area contributed by atoms with E-state index in [1.54, 1.807) is 0 Å². The summed E-state index contributed by atoms with van der Waals surface area (Å²) >= 11 is 0. The second kappa shape index (κ2) is 8.26. The molecule has 0 N–H and O–H groups in total. The molecule has 1 saturated heterocycles. The highest BCUT2D eigenvalue weighted by Crippen LogP contribution is 2.38. The predicted molar refractivity (Wildman–Crippen MR) is 93.3 cm³/mol. The van der Waals surface area contributed by atoms with Gasteiger partial charge < -0.3 is 9.64 Å². The van der Waals surface area contributed by atoms with E-state index in [9.17, 15) is 8.78 Å². The summed E-state index contributed by atoms with van der Waals surface area (Å²) in [7, 11) is 1.51. The van der Waals surface area contributed by atoms with Crippen LogP contribution in [0, 0.1) is 11.3 Å². The van der Waals surface area contributed by atoms with Crippen molar-refractivity contribution >= 4 is 0 Å². The van der Waals surface area contributed by atoms with E-state index in [0.29, 0.717) is 36.2 Å². The summed E-state index contributed by atoms with van der Waals surface area (Å²) in [6.07, 6.45) is 7.95. The van der Waals surface area contributed by atoms with Crippen LogP contribution in [0.15, 0.2) is 6.20 Å². The summed E-state index contributed by atoms with van der Waals surface area (Å²) in [5.74, 6) is -0.687. The van der Waals surface area contributed by atoms with E-state index in [2.05, 4.69) is 14.9 Å². The van der Waals surface area contributed by atoms with Gasteiger partial charge in [-0.25, -0.2) is 13.8 Å². The Bertz CT molecular complexity index is 641. The molecule has 1 aromatic rings. The minimum atomic E-state index is -2.36. The van der Waals surface area contributed by atoms with Gasteiger partial charge in [0.25, 0.3) is 0 Å². The first kappa shape index (κ1) is 19.0. The van der Waals surface area contributed by atoms with E-state index in [-0.39, 0.29) is 12.8 Å². The Balaban J connectivity index is 0.000000151. The quantitative estimate of drug-likeness (QED) is 0.814. The first-order chi connectivity index (χ1) is 12.5. The molecular weight excluding hydrogens is 338 g/mol. The summed E-state index contributed by atoms with van der Waals surface area (Å²) in [5, 5.41) is 8.68. The number of alkyl halides is 2. The molecule has 142 valence electrons. The van der Waals surface area contributed by atoms with Crippen LogP contribution in [0.25, 0.3) is 0 Å². The molecule has 3 aliphatic rings. The minimum Gasteiger partial charge on any atom is -0.480 e. The van der Waals surface area contributed by atoms with Crippen molar-refractivity contribution in [1.82, 2.24) is 14.9 Å². The Morgan fingerprint density at radius 2 is 1.85 bits per heavy atom. The van der Waals surface area contributed by atoms with Gasteiger partial charge in [0.05, 0.1) is 13.3 Å². The van der Waals surface area contributed by atoms with Crippen LogP contribution < -0.4 is 4.74 Å². The molecule has 0 atom stereocenters. The first-order valence-electron chi connectivity index (χ1n) is 9.45. The molecule has 0 radical (unpaired) electrons. The molecule has 3 fully saturated rings. The van der Waals surface area contributed by atoms with Crippen molar-refractivity contribution in [3.8, 4) is 11.9 Å². The lowest BCUT2D eigenvalue weighted by molar-refractivity contribution is -0.0515. The van der Waals surface area contributed by atoms with Gasteiger partial charge in [-0.2, -0.15) is 10.2 Å². The van der Waals surface area contributed by atoms with Gasteiger partial charge >= 0.3 is 0 Å². The van der Waals surface area contributed by atoms with Gasteiger partial charge in [-0.1, -0.05) is 0 Å². The number of hydrogen-bond donors (Lipinski definition) is 0. The van der Waals surface area contributed by atoms with E-state index < -0.39 is 5.92 Å². The summed E-state index contributed by atoms with van der Waals surface area (Å²) < 4.78 is 30.7. The topological polar surface area (TPSA) is 62.0 Å². The van der Waals surface area contributed by atoms with E-state index in [0.717, 1.165) is 31.8 Å². The van der Waals surface area contributed by atoms with E-state index in [1.807, 2.05) is 6.07 Å². The maximum Gasteiger partial charge on any atom is 0.248 e. The molecule has 0 aromatic carbocycles. The predicted octanol–water partition coefficient (Wildman–Crippen LogP) is 3.89. The van der Waals surface area contributed by atoms with Crippen molar-refractivity contribution in [3.05, 3.63) is 17.6 Å². The third-order valence-corrected chi connectivity index (χ3v) is 5.37. The van der Waals surface area contributed by atoms with Crippen molar-refractivity contribution in [2.45, 2.75) is 69.2 Å². The van der Waals surface area contributed by atoms with E-state index in [4.69, 9.17) is 10.00 Å². The smallest absolute Gasteiger partial charge is 0.248 e. The van der Waals surface area contributed by atoms with Crippen molar-refractivity contribution in [3.63, 3.8) is 0 Å². The maximum atomic E-state index is 12.8.